The number of thiazole rings is 1. The van der Waals surface area contributed by atoms with Crippen LogP contribution in [0, 0.1) is 31.6 Å². The first-order valence-electron chi connectivity index (χ1n) is 8.32. The fraction of sp³-hybridized carbons (Fsp3) is 0.824. The quantitative estimate of drug-likeness (QED) is 0.905. The van der Waals surface area contributed by atoms with Gasteiger partial charge in [-0.2, -0.15) is 0 Å². The molecule has 4 unspecified atom stereocenters. The number of nitrogens with zero attached hydrogens (tertiary/aromatic N) is 1. The summed E-state index contributed by atoms with van der Waals surface area (Å²) < 4.78 is 0. The van der Waals surface area contributed by atoms with Crippen LogP contribution in [0.2, 0.25) is 0 Å². The van der Waals surface area contributed by atoms with E-state index in [1.54, 1.807) is 0 Å². The number of hydrogen-bond acceptors (Lipinski definition) is 3. The van der Waals surface area contributed by atoms with Crippen LogP contribution in [0.25, 0.3) is 0 Å². The maximum absolute atomic E-state index is 6.53. The Labute approximate surface area is 127 Å². The van der Waals surface area contributed by atoms with E-state index in [2.05, 4.69) is 18.8 Å². The van der Waals surface area contributed by atoms with Crippen molar-refractivity contribution in [1.29, 1.82) is 0 Å². The lowest BCUT2D eigenvalue weighted by Gasteiger charge is -2.41. The molecule has 0 radical (unpaired) electrons. The Kier molecular flexibility index (Phi) is 4.46. The topological polar surface area (TPSA) is 38.9 Å². The van der Waals surface area contributed by atoms with E-state index in [-0.39, 0.29) is 0 Å². The predicted octanol–water partition coefficient (Wildman–Crippen LogP) is 4.24. The van der Waals surface area contributed by atoms with E-state index in [0.29, 0.717) is 6.04 Å². The zero-order valence-corrected chi connectivity index (χ0v) is 13.7. The van der Waals surface area contributed by atoms with Gasteiger partial charge in [-0.3, -0.25) is 0 Å². The van der Waals surface area contributed by atoms with E-state index < -0.39 is 0 Å². The second-order valence-corrected chi connectivity index (χ2v) is 8.28. The van der Waals surface area contributed by atoms with E-state index in [9.17, 15) is 0 Å². The first-order valence-corrected chi connectivity index (χ1v) is 9.13. The molecule has 0 aromatic carbocycles. The maximum Gasteiger partial charge on any atom is 0.0946 e. The van der Waals surface area contributed by atoms with Gasteiger partial charge in [-0.15, -0.1) is 11.3 Å². The number of aromatic nitrogens is 1. The standard InChI is InChI=1S/C17H28N2S/c1-11-12(2)20-17(19-11)10-16(18)15-8-7-13-5-3-4-6-14(13)9-15/h13-16H,3-10,18H2,1-2H3. The molecule has 0 saturated heterocycles. The highest BCUT2D eigenvalue weighted by molar-refractivity contribution is 7.11. The van der Waals surface area contributed by atoms with Crippen LogP contribution in [0.4, 0.5) is 0 Å². The van der Waals surface area contributed by atoms with E-state index in [1.165, 1.54) is 60.5 Å². The smallest absolute Gasteiger partial charge is 0.0946 e. The van der Waals surface area contributed by atoms with Crippen LogP contribution in [0.5, 0.6) is 0 Å². The van der Waals surface area contributed by atoms with Crippen molar-refractivity contribution in [2.75, 3.05) is 0 Å². The number of aryl methyl sites for hydroxylation is 2. The summed E-state index contributed by atoms with van der Waals surface area (Å²) in [5, 5.41) is 1.25. The van der Waals surface area contributed by atoms with Gasteiger partial charge in [-0.05, 0) is 50.9 Å². The van der Waals surface area contributed by atoms with Crippen LogP contribution >= 0.6 is 11.3 Å². The third kappa shape index (κ3) is 3.09. The van der Waals surface area contributed by atoms with E-state index >= 15 is 0 Å². The molecule has 2 aliphatic carbocycles. The minimum Gasteiger partial charge on any atom is -0.327 e. The minimum absolute atomic E-state index is 0.322. The predicted molar refractivity (Wildman–Crippen MR) is 86.1 cm³/mol. The molecule has 0 aliphatic heterocycles. The maximum atomic E-state index is 6.53. The van der Waals surface area contributed by atoms with Crippen LogP contribution < -0.4 is 5.73 Å². The number of fused-ring (bicyclic) bond motifs is 1. The Morgan fingerprint density at radius 3 is 2.60 bits per heavy atom. The second-order valence-electron chi connectivity index (χ2n) is 6.99. The average Bonchev–Trinajstić information content (AvgIpc) is 2.76. The van der Waals surface area contributed by atoms with Crippen LogP contribution in [0.15, 0.2) is 0 Å². The fourth-order valence-electron chi connectivity index (χ4n) is 4.29. The molecule has 20 heavy (non-hydrogen) atoms. The second kappa shape index (κ2) is 6.15. The lowest BCUT2D eigenvalue weighted by atomic mass is 9.66. The summed E-state index contributed by atoms with van der Waals surface area (Å²) in [6.45, 7) is 4.27. The van der Waals surface area contributed by atoms with Crippen molar-refractivity contribution in [3.8, 4) is 0 Å². The molecule has 3 rings (SSSR count). The van der Waals surface area contributed by atoms with Crippen molar-refractivity contribution in [2.24, 2.45) is 23.5 Å². The van der Waals surface area contributed by atoms with E-state index in [1.807, 2.05) is 11.3 Å². The van der Waals surface area contributed by atoms with Crippen LogP contribution in [0.3, 0.4) is 0 Å². The van der Waals surface area contributed by atoms with Crippen molar-refractivity contribution in [2.45, 2.75) is 71.3 Å². The Hall–Kier alpha value is -0.410. The molecular weight excluding hydrogens is 264 g/mol. The van der Waals surface area contributed by atoms with Gasteiger partial charge in [0.15, 0.2) is 0 Å². The van der Waals surface area contributed by atoms with E-state index in [4.69, 9.17) is 5.73 Å². The van der Waals surface area contributed by atoms with Gasteiger partial charge in [0.1, 0.15) is 0 Å². The molecule has 0 bridgehead atoms. The number of nitrogens with two attached hydrogens (primary N) is 1. The van der Waals surface area contributed by atoms with Crippen molar-refractivity contribution >= 4 is 11.3 Å². The van der Waals surface area contributed by atoms with Gasteiger partial charge in [-0.25, -0.2) is 4.98 Å². The molecular formula is C17H28N2S. The molecule has 3 heteroatoms. The van der Waals surface area contributed by atoms with Crippen molar-refractivity contribution < 1.29 is 0 Å². The van der Waals surface area contributed by atoms with Gasteiger partial charge in [0, 0.05) is 17.3 Å². The number of rotatable bonds is 3. The third-order valence-electron chi connectivity index (χ3n) is 5.67. The lowest BCUT2D eigenvalue weighted by molar-refractivity contribution is 0.117. The summed E-state index contributed by atoms with van der Waals surface area (Å²) in [6, 6.07) is 0.322. The monoisotopic (exact) mass is 292 g/mol. The van der Waals surface area contributed by atoms with Crippen molar-refractivity contribution in [3.05, 3.63) is 15.6 Å². The van der Waals surface area contributed by atoms with Crippen LogP contribution in [0.1, 0.15) is 60.5 Å². The van der Waals surface area contributed by atoms with Gasteiger partial charge < -0.3 is 5.73 Å². The van der Waals surface area contributed by atoms with Crippen LogP contribution in [-0.4, -0.2) is 11.0 Å². The summed E-state index contributed by atoms with van der Waals surface area (Å²) in [7, 11) is 0. The van der Waals surface area contributed by atoms with Gasteiger partial charge in [0.2, 0.25) is 0 Å². The van der Waals surface area contributed by atoms with E-state index in [0.717, 1.165) is 24.2 Å². The summed E-state index contributed by atoms with van der Waals surface area (Å²) in [6.07, 6.45) is 11.0. The molecule has 0 spiro atoms. The summed E-state index contributed by atoms with van der Waals surface area (Å²) >= 11 is 1.84. The minimum atomic E-state index is 0.322. The molecule has 2 nitrogen and oxygen atoms in total. The molecule has 1 heterocycles. The SMILES string of the molecule is Cc1nc(CC(N)C2CCC3CCCCC3C2)sc1C. The molecule has 2 fully saturated rings. The highest BCUT2D eigenvalue weighted by Gasteiger charge is 2.34. The molecule has 2 saturated carbocycles. The molecule has 1 aromatic rings. The molecule has 0 amide bonds. The van der Waals surface area contributed by atoms with Gasteiger partial charge in [0.05, 0.1) is 10.7 Å². The molecule has 1 aromatic heterocycles. The summed E-state index contributed by atoms with van der Waals surface area (Å²) in [4.78, 5) is 6.02. The third-order valence-corrected chi connectivity index (χ3v) is 6.76. The molecule has 2 N–H and O–H groups in total. The molecule has 2 aliphatic rings. The molecule has 112 valence electrons. The van der Waals surface area contributed by atoms with Gasteiger partial charge in [0.25, 0.3) is 0 Å². The fourth-order valence-corrected chi connectivity index (χ4v) is 5.30. The van der Waals surface area contributed by atoms with Gasteiger partial charge >= 0.3 is 0 Å². The first-order chi connectivity index (χ1) is 9.63. The highest BCUT2D eigenvalue weighted by Crippen LogP contribution is 2.43. The summed E-state index contributed by atoms with van der Waals surface area (Å²) in [5.41, 5.74) is 7.72. The average molecular weight is 292 g/mol. The normalized spacial score (nSPS) is 31.9. The van der Waals surface area contributed by atoms with Crippen molar-refractivity contribution in [3.63, 3.8) is 0 Å². The summed E-state index contributed by atoms with van der Waals surface area (Å²) in [5.74, 6) is 2.74. The van der Waals surface area contributed by atoms with Gasteiger partial charge in [-0.1, -0.05) is 25.7 Å². The lowest BCUT2D eigenvalue weighted by Crippen LogP contribution is -2.38. The van der Waals surface area contributed by atoms with Crippen molar-refractivity contribution in [1.82, 2.24) is 4.98 Å². The number of hydrogen-bond donors (Lipinski definition) is 1. The Bertz CT molecular complexity index is 434. The highest BCUT2D eigenvalue weighted by atomic mass is 32.1. The Balaban J connectivity index is 1.58. The molecule has 4 atom stereocenters. The zero-order chi connectivity index (χ0) is 14.1. The Morgan fingerprint density at radius 1 is 1.15 bits per heavy atom. The largest absolute Gasteiger partial charge is 0.327 e. The first kappa shape index (κ1) is 14.5. The Morgan fingerprint density at radius 2 is 1.90 bits per heavy atom. The van der Waals surface area contributed by atoms with Crippen LogP contribution in [-0.2, 0) is 6.42 Å². The zero-order valence-electron chi connectivity index (χ0n) is 12.9.